The molecule has 25 valence electrons. The Kier molecular flexibility index (Phi) is 1.32. The molecule has 0 aromatic rings. The molecule has 0 spiro atoms. The van der Waals surface area contributed by atoms with E-state index < -0.39 is 0 Å². The van der Waals surface area contributed by atoms with E-state index in [2.05, 4.69) is 21.7 Å². The topological polar surface area (TPSA) is 49.9 Å². The summed E-state index contributed by atoms with van der Waals surface area (Å²) in [6, 6.07) is 0. The first-order valence-corrected chi connectivity index (χ1v) is 1.27. The quantitative estimate of drug-likeness (QED) is 0.238. The van der Waals surface area contributed by atoms with Gasteiger partial charge in [0.25, 0.3) is 0 Å². The van der Waals surface area contributed by atoms with Crippen LogP contribution in [0.1, 0.15) is 0 Å². The molecule has 2 nitrogen and oxygen atoms in total. The average molecular weight is 98.9 g/mol. The third-order valence-corrected chi connectivity index (χ3v) is 0. The minimum absolute atomic E-state index is 0.0833. The van der Waals surface area contributed by atoms with E-state index in [0.717, 1.165) is 0 Å². The van der Waals surface area contributed by atoms with E-state index in [1.54, 1.807) is 0 Å². The predicted octanol–water partition coefficient (Wildman–Crippen LogP) is -0.573. The third kappa shape index (κ3) is 17600. The first-order valence-electron chi connectivity index (χ1n) is 0.715. The monoisotopic (exact) mass is 99.0 g/mol. The molecular weight excluding hydrogens is 95.9 g/mol. The van der Waals surface area contributed by atoms with Crippen molar-refractivity contribution in [3.05, 3.63) is 0 Å². The Balaban J connectivity index is 2.80. The molecule has 4 heavy (non-hydrogen) atoms. The SMILES string of the molecule is N=[C](N)[Fe]. The molecule has 0 radical (unpaired) electrons. The number of amidine groups is 1. The van der Waals surface area contributed by atoms with Gasteiger partial charge in [-0.1, -0.05) is 0 Å². The van der Waals surface area contributed by atoms with Crippen molar-refractivity contribution < 1.29 is 16.0 Å². The Bertz CT molecular complexity index is 29.0. The van der Waals surface area contributed by atoms with Crippen molar-refractivity contribution in [3.63, 3.8) is 0 Å². The van der Waals surface area contributed by atoms with Crippen LogP contribution in [0.4, 0.5) is 0 Å². The Labute approximate surface area is 32.7 Å². The van der Waals surface area contributed by atoms with Gasteiger partial charge >= 0.3 is 31.9 Å². The van der Waals surface area contributed by atoms with Crippen LogP contribution in [0, 0.1) is 5.41 Å². The van der Waals surface area contributed by atoms with Gasteiger partial charge in [-0.05, 0) is 0 Å². The van der Waals surface area contributed by atoms with E-state index in [4.69, 9.17) is 5.41 Å². The van der Waals surface area contributed by atoms with Crippen LogP contribution in [0.5, 0.6) is 0 Å². The summed E-state index contributed by atoms with van der Waals surface area (Å²) < 4.78 is -0.0833. The molecule has 0 saturated carbocycles. The second-order valence-corrected chi connectivity index (χ2v) is 0.930. The van der Waals surface area contributed by atoms with Crippen LogP contribution >= 0.6 is 0 Å². The zero-order chi connectivity index (χ0) is 3.58. The molecule has 0 atom stereocenters. The molecule has 0 amide bonds. The molecule has 0 fully saturated rings. The summed E-state index contributed by atoms with van der Waals surface area (Å²) >= 11 is 3.00. The molecular formula is CH3FeN2. The molecule has 0 rings (SSSR count). The Morgan fingerprint density at radius 2 is 2.00 bits per heavy atom. The molecule has 0 aromatic carbocycles. The number of hydrogen-bond acceptors (Lipinski definition) is 1. The summed E-state index contributed by atoms with van der Waals surface area (Å²) in [5.41, 5.74) is 4.58. The summed E-state index contributed by atoms with van der Waals surface area (Å²) in [6.45, 7) is 0. The summed E-state index contributed by atoms with van der Waals surface area (Å²) in [7, 11) is 0. The van der Waals surface area contributed by atoms with Crippen LogP contribution in [0.3, 0.4) is 0 Å². The fraction of sp³-hybridized carbons (Fsp3) is 0. The molecule has 0 aliphatic heterocycles. The number of nitrogens with two attached hydrogens (primary N) is 1. The first-order chi connectivity index (χ1) is 1.73. The van der Waals surface area contributed by atoms with Crippen molar-refractivity contribution in [1.29, 1.82) is 5.41 Å². The van der Waals surface area contributed by atoms with Gasteiger partial charge in [0.2, 0.25) is 0 Å². The summed E-state index contributed by atoms with van der Waals surface area (Å²) in [5, 5.41) is 6.17. The van der Waals surface area contributed by atoms with Gasteiger partial charge in [-0.3, -0.25) is 0 Å². The number of rotatable bonds is 0. The summed E-state index contributed by atoms with van der Waals surface area (Å²) in [4.78, 5) is 0. The number of hydrogen-bond donors (Lipinski definition) is 2. The van der Waals surface area contributed by atoms with Crippen molar-refractivity contribution >= 4 is 4.73 Å². The van der Waals surface area contributed by atoms with E-state index in [1.165, 1.54) is 0 Å². The zero-order valence-electron chi connectivity index (χ0n) is 1.93. The van der Waals surface area contributed by atoms with Gasteiger partial charge in [0, 0.05) is 0 Å². The molecule has 3 N–H and O–H groups in total. The normalized spacial score (nSPS) is 6.25. The van der Waals surface area contributed by atoms with Crippen molar-refractivity contribution in [1.82, 2.24) is 0 Å². The van der Waals surface area contributed by atoms with Gasteiger partial charge in [0.15, 0.2) is 0 Å². The van der Waals surface area contributed by atoms with Gasteiger partial charge in [0.1, 0.15) is 0 Å². The maximum absolute atomic E-state index is 6.17. The van der Waals surface area contributed by atoms with Crippen molar-refractivity contribution in [2.24, 2.45) is 5.73 Å². The second-order valence-electron chi connectivity index (χ2n) is 0.335. The van der Waals surface area contributed by atoms with Crippen LogP contribution in [0.15, 0.2) is 0 Å². The van der Waals surface area contributed by atoms with Crippen molar-refractivity contribution in [3.8, 4) is 0 Å². The van der Waals surface area contributed by atoms with E-state index >= 15 is 0 Å². The van der Waals surface area contributed by atoms with Gasteiger partial charge in [0.05, 0.1) is 0 Å². The fourth-order valence-electron chi connectivity index (χ4n) is 0. The average Bonchev–Trinajstić information content (AvgIpc) is 0.811. The van der Waals surface area contributed by atoms with Crippen LogP contribution in [0.2, 0.25) is 0 Å². The molecule has 0 aromatic heterocycles. The molecule has 0 aliphatic carbocycles. The van der Waals surface area contributed by atoms with Crippen molar-refractivity contribution in [2.75, 3.05) is 0 Å². The first kappa shape index (κ1) is 3.99. The van der Waals surface area contributed by atoms with E-state index in [1.807, 2.05) is 0 Å². The standard InChI is InChI=1S/CH3N2.Fe/c2-1-3;/h(H3,2,3);. The Morgan fingerprint density at radius 1 is 2.00 bits per heavy atom. The fourth-order valence-corrected chi connectivity index (χ4v) is 0. The Hall–Kier alpha value is -0.0105. The van der Waals surface area contributed by atoms with E-state index in [9.17, 15) is 0 Å². The van der Waals surface area contributed by atoms with E-state index in [0.29, 0.717) is 0 Å². The minimum atomic E-state index is -0.0833. The molecule has 0 heterocycles. The molecule has 0 bridgehead atoms. The van der Waals surface area contributed by atoms with Gasteiger partial charge in [-0.15, -0.1) is 0 Å². The summed E-state index contributed by atoms with van der Waals surface area (Å²) in [6.07, 6.45) is 0. The molecule has 3 heteroatoms. The van der Waals surface area contributed by atoms with Gasteiger partial charge in [-0.2, -0.15) is 0 Å². The third-order valence-electron chi connectivity index (χ3n) is 0. The molecule has 0 saturated heterocycles. The molecule has 0 unspecified atom stereocenters. The van der Waals surface area contributed by atoms with Crippen molar-refractivity contribution in [2.45, 2.75) is 0 Å². The van der Waals surface area contributed by atoms with Crippen LogP contribution < -0.4 is 5.73 Å². The summed E-state index contributed by atoms with van der Waals surface area (Å²) in [5.74, 6) is 0. The van der Waals surface area contributed by atoms with Crippen LogP contribution in [-0.2, 0) is 16.0 Å². The predicted molar refractivity (Wildman–Crippen MR) is 11.9 cm³/mol. The van der Waals surface area contributed by atoms with Gasteiger partial charge in [-0.25, -0.2) is 0 Å². The molecule has 0 aliphatic rings. The van der Waals surface area contributed by atoms with Crippen LogP contribution in [-0.4, -0.2) is 4.73 Å². The Morgan fingerprint density at radius 3 is 2.00 bits per heavy atom. The second kappa shape index (κ2) is 1.32. The zero-order valence-corrected chi connectivity index (χ0v) is 3.04. The maximum atomic E-state index is 6.17. The van der Waals surface area contributed by atoms with E-state index in [-0.39, 0.29) is 4.73 Å². The van der Waals surface area contributed by atoms with Crippen LogP contribution in [0.25, 0.3) is 0 Å². The number of nitrogens with one attached hydrogen (secondary N) is 1. The van der Waals surface area contributed by atoms with Gasteiger partial charge < -0.3 is 0 Å².